The van der Waals surface area contributed by atoms with Gasteiger partial charge in [-0.1, -0.05) is 48.5 Å². The van der Waals surface area contributed by atoms with Crippen LogP contribution in [0.4, 0.5) is 27.5 Å². The Kier molecular flexibility index (Phi) is 10.1. The normalized spacial score (nSPS) is 12.4. The Labute approximate surface area is 320 Å². The monoisotopic (exact) mass is 842 g/mol. The molecule has 8 N–H and O–H groups in total. The largest absolute Gasteiger partial charge is 0.507 e. The van der Waals surface area contributed by atoms with Crippen molar-refractivity contribution in [1.29, 1.82) is 0 Å². The first-order valence-corrected chi connectivity index (χ1v) is 21.7. The zero-order chi connectivity index (χ0) is 41.0. The highest BCUT2D eigenvalue weighted by molar-refractivity contribution is 7.91. The molecule has 0 heterocycles. The van der Waals surface area contributed by atoms with Crippen LogP contribution >= 0.6 is 0 Å². The van der Waals surface area contributed by atoms with Gasteiger partial charge in [0.2, 0.25) is 0 Å². The molecule has 0 unspecified atom stereocenters. The summed E-state index contributed by atoms with van der Waals surface area (Å²) in [4.78, 5) is 10.6. The average molecular weight is 843 g/mol. The third-order valence-electron chi connectivity index (χ3n) is 8.45. The van der Waals surface area contributed by atoms with E-state index in [-0.39, 0.29) is 55.4 Å². The number of urea groups is 1. The lowest BCUT2D eigenvalue weighted by Crippen LogP contribution is -2.42. The van der Waals surface area contributed by atoms with Gasteiger partial charge in [-0.15, -0.1) is 0 Å². The lowest BCUT2D eigenvalue weighted by atomic mass is 10.1. The molecule has 21 heteroatoms. The summed E-state index contributed by atoms with van der Waals surface area (Å²) in [6.45, 7) is 2.71. The van der Waals surface area contributed by atoms with Gasteiger partial charge >= 0.3 is 6.03 Å². The SMILES string of the molecule is Cc1cc(Nc2c(S(=O)(=O)O)cc(O)c3ccccc23)ccc1S(=O)(=O)NC(=O)NS(=O)(=O)c1ccc(Nc2c(S(=O)(=O)O)cc(O)c3ccccc23)cc1C. The number of hydrogen-bond acceptors (Lipinski definition) is 13. The van der Waals surface area contributed by atoms with Crippen molar-refractivity contribution in [3.05, 3.63) is 108 Å². The number of carbonyl (C=O) groups excluding carboxylic acids is 1. The van der Waals surface area contributed by atoms with Crippen LogP contribution in [-0.4, -0.2) is 59.0 Å². The molecule has 292 valence electrons. The Morgan fingerprint density at radius 1 is 0.482 bits per heavy atom. The van der Waals surface area contributed by atoms with Crippen molar-refractivity contribution in [3.8, 4) is 11.5 Å². The number of benzene rings is 6. The van der Waals surface area contributed by atoms with Gasteiger partial charge in [0.25, 0.3) is 40.3 Å². The predicted octanol–water partition coefficient (Wildman–Crippen LogP) is 5.38. The van der Waals surface area contributed by atoms with Crippen LogP contribution in [0.2, 0.25) is 0 Å². The van der Waals surface area contributed by atoms with Gasteiger partial charge < -0.3 is 20.8 Å². The minimum atomic E-state index is -4.85. The summed E-state index contributed by atoms with van der Waals surface area (Å²) in [5.41, 5.74) is 0.133. The number of amides is 2. The highest BCUT2D eigenvalue weighted by atomic mass is 32.2. The third kappa shape index (κ3) is 7.89. The van der Waals surface area contributed by atoms with E-state index in [0.717, 1.165) is 24.3 Å². The molecule has 0 saturated heterocycles. The summed E-state index contributed by atoms with van der Waals surface area (Å²) < 4.78 is 125. The Hall–Kier alpha value is -5.97. The molecule has 6 rings (SSSR count). The van der Waals surface area contributed by atoms with Crippen LogP contribution in [0, 0.1) is 13.8 Å². The van der Waals surface area contributed by atoms with Crippen molar-refractivity contribution in [1.82, 2.24) is 9.44 Å². The Morgan fingerprint density at radius 3 is 1.14 bits per heavy atom. The van der Waals surface area contributed by atoms with Crippen molar-refractivity contribution < 1.29 is 57.8 Å². The van der Waals surface area contributed by atoms with Crippen molar-refractivity contribution in [2.24, 2.45) is 0 Å². The number of nitrogens with one attached hydrogen (secondary N) is 4. The van der Waals surface area contributed by atoms with Gasteiger partial charge in [-0.3, -0.25) is 9.11 Å². The number of rotatable bonds is 10. The Bertz CT molecular complexity index is 2880. The summed E-state index contributed by atoms with van der Waals surface area (Å²) in [5, 5.41) is 27.3. The van der Waals surface area contributed by atoms with Crippen LogP contribution in [0.1, 0.15) is 11.1 Å². The molecule has 0 aliphatic heterocycles. The predicted molar refractivity (Wildman–Crippen MR) is 206 cm³/mol. The van der Waals surface area contributed by atoms with Crippen molar-refractivity contribution >= 4 is 90.6 Å². The van der Waals surface area contributed by atoms with E-state index in [1.54, 1.807) is 33.7 Å². The van der Waals surface area contributed by atoms with Crippen LogP contribution < -0.4 is 20.1 Å². The lowest BCUT2D eigenvalue weighted by Gasteiger charge is -2.17. The zero-order valence-corrected chi connectivity index (χ0v) is 32.1. The van der Waals surface area contributed by atoms with Crippen LogP contribution in [0.25, 0.3) is 21.5 Å². The molecule has 0 aliphatic carbocycles. The summed E-state index contributed by atoms with van der Waals surface area (Å²) in [5.74, 6) is -0.827. The first kappa shape index (κ1) is 39.7. The zero-order valence-electron chi connectivity index (χ0n) is 28.8. The number of sulfonamides is 2. The number of carbonyl (C=O) groups is 1. The summed E-state index contributed by atoms with van der Waals surface area (Å²) in [7, 11) is -19.1. The van der Waals surface area contributed by atoms with E-state index in [2.05, 4.69) is 10.6 Å². The molecule has 0 atom stereocenters. The van der Waals surface area contributed by atoms with E-state index in [4.69, 9.17) is 0 Å². The molecule has 0 radical (unpaired) electrons. The molecule has 17 nitrogen and oxygen atoms in total. The number of aromatic hydroxyl groups is 2. The highest BCUT2D eigenvalue weighted by Gasteiger charge is 2.27. The number of hydrogen-bond donors (Lipinski definition) is 8. The van der Waals surface area contributed by atoms with Crippen LogP contribution in [0.15, 0.2) is 117 Å². The maximum Gasteiger partial charge on any atom is 0.342 e. The Morgan fingerprint density at radius 2 is 0.821 bits per heavy atom. The molecule has 0 bridgehead atoms. The van der Waals surface area contributed by atoms with Crippen LogP contribution in [-0.2, 0) is 40.3 Å². The second-order valence-electron chi connectivity index (χ2n) is 12.3. The quantitative estimate of drug-likeness (QED) is 0.0635. The van der Waals surface area contributed by atoms with Gasteiger partial charge in [-0.25, -0.2) is 31.1 Å². The number of phenols is 2. The fraction of sp³-hybridized carbons (Fsp3) is 0.0571. The maximum absolute atomic E-state index is 13.2. The first-order valence-electron chi connectivity index (χ1n) is 15.9. The first-order chi connectivity index (χ1) is 26.1. The second kappa shape index (κ2) is 14.3. The third-order valence-corrected chi connectivity index (χ3v) is 13.2. The minimum absolute atomic E-state index is 0.0344. The lowest BCUT2D eigenvalue weighted by molar-refractivity contribution is 0.250. The highest BCUT2D eigenvalue weighted by Crippen LogP contribution is 2.40. The van der Waals surface area contributed by atoms with Gasteiger partial charge in [0.15, 0.2) is 0 Å². The molecular weight excluding hydrogens is 813 g/mol. The second-order valence-corrected chi connectivity index (χ2v) is 18.4. The molecular formula is C35H30N4O13S4. The number of fused-ring (bicyclic) bond motifs is 2. The van der Waals surface area contributed by atoms with Crippen molar-refractivity contribution in [2.75, 3.05) is 10.6 Å². The van der Waals surface area contributed by atoms with Crippen molar-refractivity contribution in [3.63, 3.8) is 0 Å². The van der Waals surface area contributed by atoms with E-state index < -0.39 is 77.4 Å². The molecule has 0 saturated carbocycles. The van der Waals surface area contributed by atoms with Crippen LogP contribution in [0.5, 0.6) is 11.5 Å². The van der Waals surface area contributed by atoms with Gasteiger partial charge in [-0.05, 0) is 61.4 Å². The fourth-order valence-electron chi connectivity index (χ4n) is 6.05. The Balaban J connectivity index is 1.21. The number of aryl methyl sites for hydroxylation is 2. The summed E-state index contributed by atoms with van der Waals surface area (Å²) >= 11 is 0. The van der Waals surface area contributed by atoms with Crippen molar-refractivity contribution in [2.45, 2.75) is 33.4 Å². The summed E-state index contributed by atoms with van der Waals surface area (Å²) in [6, 6.07) is 19.6. The van der Waals surface area contributed by atoms with Gasteiger partial charge in [0, 0.05) is 45.1 Å². The molecule has 2 amide bonds. The average Bonchev–Trinajstić information content (AvgIpc) is 3.09. The van der Waals surface area contributed by atoms with Crippen LogP contribution in [0.3, 0.4) is 0 Å². The van der Waals surface area contributed by atoms with Gasteiger partial charge in [0.05, 0.1) is 21.2 Å². The van der Waals surface area contributed by atoms with E-state index in [9.17, 15) is 57.8 Å². The topological polar surface area (TPSA) is 283 Å². The number of anilines is 4. The summed E-state index contributed by atoms with van der Waals surface area (Å²) in [6.07, 6.45) is 0. The smallest absolute Gasteiger partial charge is 0.342 e. The van der Waals surface area contributed by atoms with Gasteiger partial charge in [-0.2, -0.15) is 16.8 Å². The molecule has 6 aromatic rings. The van der Waals surface area contributed by atoms with E-state index in [1.807, 2.05) is 0 Å². The fourth-order valence-corrected chi connectivity index (χ4v) is 9.74. The molecule has 0 spiro atoms. The number of phenolic OH excluding ortho intramolecular Hbond substituents is 2. The standard InChI is InChI=1S/C35H30N4O13S4/c1-19-15-21(36-33-25-9-5-3-7-23(25)27(40)17-31(33)55(47,48)49)11-13-29(19)53(43,44)38-35(42)39-54(45,46)30-14-12-22(16-20(30)2)37-34-26-10-6-4-8-24(26)28(41)18-32(34)56(50,51)52/h3-18,36-37,40-41H,1-2H3,(H2,38,39,42)(H,47,48,49)(H,50,51,52). The van der Waals surface area contributed by atoms with E-state index >= 15 is 0 Å². The molecule has 0 aromatic heterocycles. The minimum Gasteiger partial charge on any atom is -0.507 e. The maximum atomic E-state index is 13.2. The van der Waals surface area contributed by atoms with E-state index in [0.29, 0.717) is 0 Å². The molecule has 0 aliphatic rings. The molecule has 6 aromatic carbocycles. The van der Waals surface area contributed by atoms with Gasteiger partial charge in [0.1, 0.15) is 21.3 Å². The van der Waals surface area contributed by atoms with E-state index in [1.165, 1.54) is 62.4 Å². The molecule has 56 heavy (non-hydrogen) atoms. The molecule has 0 fully saturated rings.